The molecule has 2 heterocycles. The Morgan fingerprint density at radius 3 is 2.26 bits per heavy atom. The summed E-state index contributed by atoms with van der Waals surface area (Å²) in [6.07, 6.45) is 0. The van der Waals surface area contributed by atoms with E-state index in [1.807, 2.05) is 23.5 Å². The lowest BCUT2D eigenvalue weighted by atomic mass is 10.1. The molecule has 8 nitrogen and oxygen atoms in total. The van der Waals surface area contributed by atoms with E-state index < -0.39 is 0 Å². The highest BCUT2D eigenvalue weighted by Gasteiger charge is 2.25. The van der Waals surface area contributed by atoms with Gasteiger partial charge in [-0.1, -0.05) is 41.2 Å². The van der Waals surface area contributed by atoms with Crippen molar-refractivity contribution >= 4 is 28.1 Å². The number of hydrogen-bond donors (Lipinski definition) is 1. The zero-order valence-electron chi connectivity index (χ0n) is 20.7. The van der Waals surface area contributed by atoms with Gasteiger partial charge in [-0.2, -0.15) is 0 Å². The van der Waals surface area contributed by atoms with Crippen LogP contribution in [-0.2, 0) is 11.3 Å². The number of aromatic nitrogens is 2. The molecule has 0 fully saturated rings. The maximum Gasteiger partial charge on any atom is 0.350 e. The van der Waals surface area contributed by atoms with Crippen LogP contribution in [0.15, 0.2) is 36.4 Å². The number of anilines is 1. The average Bonchev–Trinajstić information content (AvgIpc) is 3.39. The smallest absolute Gasteiger partial charge is 0.350 e. The van der Waals surface area contributed by atoms with Crippen LogP contribution in [0, 0.1) is 13.8 Å². The van der Waals surface area contributed by atoms with Crippen molar-refractivity contribution in [3.63, 3.8) is 0 Å². The molecule has 0 aliphatic carbocycles. The molecule has 4 aromatic rings. The molecule has 0 saturated carbocycles. The lowest BCUT2D eigenvalue weighted by Gasteiger charge is -2.15. The Kier molecular flexibility index (Phi) is 7.16. The molecule has 0 atom stereocenters. The number of imidazole rings is 1. The van der Waals surface area contributed by atoms with Gasteiger partial charge in [-0.25, -0.2) is 9.78 Å². The van der Waals surface area contributed by atoms with Crippen molar-refractivity contribution in [3.05, 3.63) is 58.1 Å². The third-order valence-electron chi connectivity index (χ3n) is 5.68. The first-order valence-corrected chi connectivity index (χ1v) is 12.0. The van der Waals surface area contributed by atoms with Crippen molar-refractivity contribution < 1.29 is 23.7 Å². The van der Waals surface area contributed by atoms with Gasteiger partial charge in [-0.15, -0.1) is 0 Å². The van der Waals surface area contributed by atoms with Crippen LogP contribution in [0.5, 0.6) is 17.2 Å². The summed E-state index contributed by atoms with van der Waals surface area (Å²) in [5.74, 6) is 1.99. The van der Waals surface area contributed by atoms with Crippen LogP contribution >= 0.6 is 11.3 Å². The zero-order valence-corrected chi connectivity index (χ0v) is 21.5. The lowest BCUT2D eigenvalue weighted by Crippen LogP contribution is -2.07. The third kappa shape index (κ3) is 4.64. The number of nitrogens with zero attached hydrogens (tertiary/aromatic N) is 2. The first-order chi connectivity index (χ1) is 16.9. The number of fused-ring (bicyclic) bond motifs is 1. The molecule has 1 N–H and O–H groups in total. The van der Waals surface area contributed by atoms with Gasteiger partial charge in [0, 0.05) is 17.8 Å². The summed E-state index contributed by atoms with van der Waals surface area (Å²) in [7, 11) is 4.74. The van der Waals surface area contributed by atoms with Crippen LogP contribution in [0.1, 0.15) is 33.4 Å². The summed E-state index contributed by atoms with van der Waals surface area (Å²) in [5.41, 5.74) is 4.59. The first kappa shape index (κ1) is 24.4. The van der Waals surface area contributed by atoms with E-state index in [9.17, 15) is 4.79 Å². The van der Waals surface area contributed by atoms with Crippen molar-refractivity contribution in [2.45, 2.75) is 27.3 Å². The molecule has 0 amide bonds. The first-order valence-electron chi connectivity index (χ1n) is 11.2. The van der Waals surface area contributed by atoms with E-state index in [1.54, 1.807) is 28.3 Å². The number of esters is 1. The molecule has 2 aromatic heterocycles. The van der Waals surface area contributed by atoms with Crippen molar-refractivity contribution in [2.24, 2.45) is 0 Å². The Morgan fingerprint density at radius 2 is 1.69 bits per heavy atom. The molecule has 4 rings (SSSR count). The summed E-state index contributed by atoms with van der Waals surface area (Å²) in [6.45, 7) is 6.64. The van der Waals surface area contributed by atoms with E-state index in [-0.39, 0.29) is 5.97 Å². The van der Waals surface area contributed by atoms with E-state index in [0.29, 0.717) is 45.9 Å². The molecule has 0 bridgehead atoms. The van der Waals surface area contributed by atoms with Gasteiger partial charge in [-0.3, -0.25) is 4.40 Å². The van der Waals surface area contributed by atoms with Gasteiger partial charge < -0.3 is 24.3 Å². The van der Waals surface area contributed by atoms with Gasteiger partial charge in [0.1, 0.15) is 16.4 Å². The number of nitrogens with one attached hydrogen (secondary N) is 1. The van der Waals surface area contributed by atoms with Crippen LogP contribution in [0.2, 0.25) is 0 Å². The van der Waals surface area contributed by atoms with E-state index in [4.69, 9.17) is 23.9 Å². The summed E-state index contributed by atoms with van der Waals surface area (Å²) in [5, 5.41) is 3.54. The molecule has 0 spiro atoms. The van der Waals surface area contributed by atoms with Crippen molar-refractivity contribution in [3.8, 4) is 28.5 Å². The predicted octanol–water partition coefficient (Wildman–Crippen LogP) is 5.49. The van der Waals surface area contributed by atoms with Gasteiger partial charge >= 0.3 is 5.97 Å². The Balaban J connectivity index is 1.87. The molecular formula is C26H29N3O5S. The molecule has 0 aliphatic heterocycles. The lowest BCUT2D eigenvalue weighted by molar-refractivity contribution is 0.0531. The number of rotatable bonds is 9. The van der Waals surface area contributed by atoms with Crippen molar-refractivity contribution in [1.29, 1.82) is 0 Å². The minimum atomic E-state index is -0.348. The summed E-state index contributed by atoms with van der Waals surface area (Å²) in [4.78, 5) is 18.6. The molecule has 0 aliphatic rings. The number of methoxy groups -OCH3 is 3. The molecule has 0 unspecified atom stereocenters. The van der Waals surface area contributed by atoms with Crippen molar-refractivity contribution in [1.82, 2.24) is 9.38 Å². The van der Waals surface area contributed by atoms with Crippen LogP contribution in [0.4, 0.5) is 5.82 Å². The number of carbonyl (C=O) groups excluding carboxylic acids is 1. The molecule has 2 aromatic carbocycles. The van der Waals surface area contributed by atoms with Crippen LogP contribution in [0.3, 0.4) is 0 Å². The molecule has 0 radical (unpaired) electrons. The van der Waals surface area contributed by atoms with E-state index in [1.165, 1.54) is 16.9 Å². The maximum absolute atomic E-state index is 12.5. The molecule has 184 valence electrons. The third-order valence-corrected chi connectivity index (χ3v) is 6.81. The Bertz CT molecular complexity index is 1330. The standard InChI is InChI=1S/C26H29N3O5S/c1-7-34-25(30)23-16(3)29-24(27-14-17-10-8-15(2)9-11-17)21(28-26(29)35-23)18-12-19(31-4)22(33-6)20(13-18)32-5/h8-13,27H,7,14H2,1-6H3. The largest absolute Gasteiger partial charge is 0.493 e. The predicted molar refractivity (Wildman–Crippen MR) is 137 cm³/mol. The number of hydrogen-bond acceptors (Lipinski definition) is 8. The SMILES string of the molecule is CCOC(=O)c1sc2nc(-c3cc(OC)c(OC)c(OC)c3)c(NCc3ccc(C)cc3)n2c1C. The van der Waals surface area contributed by atoms with Crippen LogP contribution < -0.4 is 19.5 Å². The fourth-order valence-electron chi connectivity index (χ4n) is 3.91. The normalized spacial score (nSPS) is 10.9. The van der Waals surface area contributed by atoms with Gasteiger partial charge in [-0.05, 0) is 38.5 Å². The number of thiazole rings is 1. The van der Waals surface area contributed by atoms with Gasteiger partial charge in [0.15, 0.2) is 16.5 Å². The molecule has 0 saturated heterocycles. The topological polar surface area (TPSA) is 83.3 Å². The number of ether oxygens (including phenoxy) is 4. The molecular weight excluding hydrogens is 466 g/mol. The van der Waals surface area contributed by atoms with Crippen LogP contribution in [-0.4, -0.2) is 43.3 Å². The Morgan fingerprint density at radius 1 is 1.03 bits per heavy atom. The minimum absolute atomic E-state index is 0.313. The van der Waals surface area contributed by atoms with Gasteiger partial charge in [0.05, 0.1) is 27.9 Å². The average molecular weight is 496 g/mol. The highest BCUT2D eigenvalue weighted by atomic mass is 32.1. The molecule has 9 heteroatoms. The summed E-state index contributed by atoms with van der Waals surface area (Å²) >= 11 is 1.30. The minimum Gasteiger partial charge on any atom is -0.493 e. The second-order valence-corrected chi connectivity index (χ2v) is 8.89. The highest BCUT2D eigenvalue weighted by Crippen LogP contribution is 2.43. The summed E-state index contributed by atoms with van der Waals surface area (Å²) < 4.78 is 23.8. The number of benzene rings is 2. The summed E-state index contributed by atoms with van der Waals surface area (Å²) in [6, 6.07) is 12.1. The van der Waals surface area contributed by atoms with Crippen LogP contribution in [0.25, 0.3) is 16.2 Å². The van der Waals surface area contributed by atoms with Crippen molar-refractivity contribution in [2.75, 3.05) is 33.3 Å². The number of carbonyl (C=O) groups is 1. The van der Waals surface area contributed by atoms with E-state index in [2.05, 4.69) is 36.5 Å². The fourth-order valence-corrected chi connectivity index (χ4v) is 4.93. The Labute approximate surface area is 208 Å². The highest BCUT2D eigenvalue weighted by molar-refractivity contribution is 7.19. The maximum atomic E-state index is 12.5. The number of aryl methyl sites for hydroxylation is 2. The monoisotopic (exact) mass is 495 g/mol. The Hall–Kier alpha value is -3.72. The quantitative estimate of drug-likeness (QED) is 0.307. The van der Waals surface area contributed by atoms with Gasteiger partial charge in [0.25, 0.3) is 0 Å². The van der Waals surface area contributed by atoms with E-state index >= 15 is 0 Å². The zero-order chi connectivity index (χ0) is 25.1. The van der Waals surface area contributed by atoms with E-state index in [0.717, 1.165) is 22.6 Å². The molecule has 35 heavy (non-hydrogen) atoms. The second-order valence-electron chi connectivity index (χ2n) is 7.92. The van der Waals surface area contributed by atoms with Gasteiger partial charge in [0.2, 0.25) is 5.75 Å². The second kappa shape index (κ2) is 10.3. The fraction of sp³-hybridized carbons (Fsp3) is 0.308.